The second-order valence-electron chi connectivity index (χ2n) is 4.10. The number of hydrogen-bond donors (Lipinski definition) is 2. The van der Waals surface area contributed by atoms with Gasteiger partial charge in [0.15, 0.2) is 0 Å². The van der Waals surface area contributed by atoms with E-state index in [0.717, 1.165) is 12.1 Å². The van der Waals surface area contributed by atoms with Crippen LogP contribution in [0.4, 0.5) is 30.5 Å². The Kier molecular flexibility index (Phi) is 3.33. The summed E-state index contributed by atoms with van der Waals surface area (Å²) in [6.45, 7) is 1.72. The van der Waals surface area contributed by atoms with E-state index >= 15 is 0 Å². The number of nitrogens with zero attached hydrogens (tertiary/aromatic N) is 1. The van der Waals surface area contributed by atoms with Crippen molar-refractivity contribution in [2.45, 2.75) is 13.1 Å². The van der Waals surface area contributed by atoms with Gasteiger partial charge in [0.05, 0.1) is 5.56 Å². The number of rotatable bonds is 2. The summed E-state index contributed by atoms with van der Waals surface area (Å²) in [5.74, 6) is 0.706. The third kappa shape index (κ3) is 3.15. The van der Waals surface area contributed by atoms with Gasteiger partial charge in [-0.15, -0.1) is 0 Å². The lowest BCUT2D eigenvalue weighted by atomic mass is 10.1. The zero-order valence-corrected chi connectivity index (χ0v) is 10.1. The summed E-state index contributed by atoms with van der Waals surface area (Å²) in [7, 11) is 0. The standard InChI is InChI=1S/C13H12F3N3/c1-8-5-6-9(13(14,15)16)7-10(8)18-12-4-2-3-11(17)19-12/h2-7H,1H3,(H3,17,18,19). The number of nitrogens with one attached hydrogen (secondary N) is 1. The number of nitrogen functional groups attached to an aromatic ring is 1. The van der Waals surface area contributed by atoms with Gasteiger partial charge in [-0.3, -0.25) is 0 Å². The molecule has 1 heterocycles. The van der Waals surface area contributed by atoms with E-state index in [-0.39, 0.29) is 0 Å². The lowest BCUT2D eigenvalue weighted by Gasteiger charge is -2.13. The van der Waals surface area contributed by atoms with Crippen LogP contribution in [0.5, 0.6) is 0 Å². The van der Waals surface area contributed by atoms with Crippen molar-refractivity contribution in [3.05, 3.63) is 47.5 Å². The van der Waals surface area contributed by atoms with Crippen molar-refractivity contribution in [2.75, 3.05) is 11.1 Å². The molecule has 0 fully saturated rings. The molecule has 6 heteroatoms. The van der Waals surface area contributed by atoms with Gasteiger partial charge in [-0.2, -0.15) is 13.2 Å². The van der Waals surface area contributed by atoms with Gasteiger partial charge in [0.25, 0.3) is 0 Å². The number of aryl methyl sites for hydroxylation is 1. The maximum atomic E-state index is 12.6. The number of halogens is 3. The zero-order valence-electron chi connectivity index (χ0n) is 10.1. The highest BCUT2D eigenvalue weighted by Gasteiger charge is 2.30. The highest BCUT2D eigenvalue weighted by Crippen LogP contribution is 2.32. The molecular formula is C13H12F3N3. The largest absolute Gasteiger partial charge is 0.416 e. The molecule has 0 amide bonds. The third-order valence-corrected chi connectivity index (χ3v) is 2.60. The molecule has 1 aromatic heterocycles. The molecule has 0 atom stereocenters. The fourth-order valence-electron chi connectivity index (χ4n) is 1.59. The summed E-state index contributed by atoms with van der Waals surface area (Å²) < 4.78 is 37.9. The molecule has 0 bridgehead atoms. The highest BCUT2D eigenvalue weighted by atomic mass is 19.4. The van der Waals surface area contributed by atoms with Gasteiger partial charge in [-0.1, -0.05) is 12.1 Å². The molecule has 0 saturated carbocycles. The predicted octanol–water partition coefficient (Wildman–Crippen LogP) is 3.73. The molecule has 19 heavy (non-hydrogen) atoms. The van der Waals surface area contributed by atoms with Crippen molar-refractivity contribution in [1.82, 2.24) is 4.98 Å². The van der Waals surface area contributed by atoms with Crippen molar-refractivity contribution >= 4 is 17.3 Å². The van der Waals surface area contributed by atoms with Crippen LogP contribution >= 0.6 is 0 Å². The minimum absolute atomic E-state index is 0.301. The first-order valence-corrected chi connectivity index (χ1v) is 5.53. The van der Waals surface area contributed by atoms with E-state index in [2.05, 4.69) is 10.3 Å². The van der Waals surface area contributed by atoms with Crippen LogP contribution in [0.15, 0.2) is 36.4 Å². The van der Waals surface area contributed by atoms with Crippen LogP contribution in [0.3, 0.4) is 0 Å². The molecular weight excluding hydrogens is 255 g/mol. The van der Waals surface area contributed by atoms with Crippen LogP contribution < -0.4 is 11.1 Å². The number of alkyl halides is 3. The molecule has 3 nitrogen and oxygen atoms in total. The normalized spacial score (nSPS) is 11.4. The molecule has 3 N–H and O–H groups in total. The molecule has 0 aliphatic carbocycles. The Balaban J connectivity index is 2.34. The van der Waals surface area contributed by atoms with Gasteiger partial charge in [0.1, 0.15) is 11.6 Å². The third-order valence-electron chi connectivity index (χ3n) is 2.60. The minimum atomic E-state index is -4.37. The van der Waals surface area contributed by atoms with E-state index in [9.17, 15) is 13.2 Å². The van der Waals surface area contributed by atoms with Crippen LogP contribution in [0.1, 0.15) is 11.1 Å². The summed E-state index contributed by atoms with van der Waals surface area (Å²) in [5, 5.41) is 2.83. The molecule has 0 aliphatic rings. The van der Waals surface area contributed by atoms with Gasteiger partial charge < -0.3 is 11.1 Å². The van der Waals surface area contributed by atoms with Crippen LogP contribution in [0.25, 0.3) is 0 Å². The average molecular weight is 267 g/mol. The molecule has 2 aromatic rings. The lowest BCUT2D eigenvalue weighted by molar-refractivity contribution is -0.137. The van der Waals surface area contributed by atoms with E-state index in [1.54, 1.807) is 25.1 Å². The Morgan fingerprint density at radius 3 is 2.53 bits per heavy atom. The van der Waals surface area contributed by atoms with E-state index < -0.39 is 11.7 Å². The fourth-order valence-corrected chi connectivity index (χ4v) is 1.59. The number of nitrogens with two attached hydrogens (primary N) is 1. The fraction of sp³-hybridized carbons (Fsp3) is 0.154. The Morgan fingerprint density at radius 1 is 1.16 bits per heavy atom. The number of pyridine rings is 1. The van der Waals surface area contributed by atoms with E-state index in [1.165, 1.54) is 6.07 Å². The van der Waals surface area contributed by atoms with Crippen LogP contribution in [-0.4, -0.2) is 4.98 Å². The van der Waals surface area contributed by atoms with Gasteiger partial charge in [-0.05, 0) is 36.8 Å². The van der Waals surface area contributed by atoms with Gasteiger partial charge in [0, 0.05) is 5.69 Å². The molecule has 100 valence electrons. The van der Waals surface area contributed by atoms with E-state index in [0.29, 0.717) is 22.9 Å². The first-order valence-electron chi connectivity index (χ1n) is 5.53. The smallest absolute Gasteiger partial charge is 0.384 e. The first kappa shape index (κ1) is 13.2. The van der Waals surface area contributed by atoms with Crippen LogP contribution in [0, 0.1) is 6.92 Å². The molecule has 2 rings (SSSR count). The van der Waals surface area contributed by atoms with E-state index in [4.69, 9.17) is 5.73 Å². The molecule has 1 aromatic carbocycles. The lowest BCUT2D eigenvalue weighted by Crippen LogP contribution is -2.06. The Morgan fingerprint density at radius 2 is 1.89 bits per heavy atom. The molecule has 0 spiro atoms. The average Bonchev–Trinajstić information content (AvgIpc) is 2.30. The maximum absolute atomic E-state index is 12.6. The molecule has 0 saturated heterocycles. The van der Waals surface area contributed by atoms with E-state index in [1.807, 2.05) is 0 Å². The van der Waals surface area contributed by atoms with Crippen molar-refractivity contribution in [3.8, 4) is 0 Å². The van der Waals surface area contributed by atoms with Gasteiger partial charge in [0.2, 0.25) is 0 Å². The SMILES string of the molecule is Cc1ccc(C(F)(F)F)cc1Nc1cccc(N)n1. The van der Waals surface area contributed by atoms with Crippen molar-refractivity contribution in [2.24, 2.45) is 0 Å². The zero-order chi connectivity index (χ0) is 14.0. The van der Waals surface area contributed by atoms with Crippen molar-refractivity contribution in [3.63, 3.8) is 0 Å². The summed E-state index contributed by atoms with van der Waals surface area (Å²) in [6, 6.07) is 8.43. The summed E-state index contributed by atoms with van der Waals surface area (Å²) >= 11 is 0. The van der Waals surface area contributed by atoms with Crippen molar-refractivity contribution in [1.29, 1.82) is 0 Å². The second kappa shape index (κ2) is 4.79. The predicted molar refractivity (Wildman–Crippen MR) is 68.1 cm³/mol. The Labute approximate surface area is 108 Å². The molecule has 0 radical (unpaired) electrons. The number of hydrogen-bond acceptors (Lipinski definition) is 3. The first-order chi connectivity index (χ1) is 8.86. The van der Waals surface area contributed by atoms with Gasteiger partial charge in [-0.25, -0.2) is 4.98 Å². The Hall–Kier alpha value is -2.24. The quantitative estimate of drug-likeness (QED) is 0.871. The minimum Gasteiger partial charge on any atom is -0.384 e. The van der Waals surface area contributed by atoms with Crippen molar-refractivity contribution < 1.29 is 13.2 Å². The van der Waals surface area contributed by atoms with Gasteiger partial charge >= 0.3 is 6.18 Å². The monoisotopic (exact) mass is 267 g/mol. The maximum Gasteiger partial charge on any atom is 0.416 e. The number of benzene rings is 1. The van der Waals surface area contributed by atoms with Crippen LogP contribution in [0.2, 0.25) is 0 Å². The summed E-state index contributed by atoms with van der Waals surface area (Å²) in [5.41, 5.74) is 5.86. The highest BCUT2D eigenvalue weighted by molar-refractivity contribution is 5.62. The summed E-state index contributed by atoms with van der Waals surface area (Å²) in [6.07, 6.45) is -4.37. The molecule has 0 unspecified atom stereocenters. The van der Waals surface area contributed by atoms with Crippen LogP contribution in [-0.2, 0) is 6.18 Å². The number of aromatic nitrogens is 1. The Bertz CT molecular complexity index is 594. The topological polar surface area (TPSA) is 50.9 Å². The number of anilines is 3. The summed E-state index contributed by atoms with van der Waals surface area (Å²) in [4.78, 5) is 3.99. The molecule has 0 aliphatic heterocycles. The second-order valence-corrected chi connectivity index (χ2v) is 4.10.